The molecule has 1 N–H and O–H groups in total. The molecule has 1 heterocycles. The number of nitrogens with zero attached hydrogens (tertiary/aromatic N) is 1. The van der Waals surface area contributed by atoms with Crippen molar-refractivity contribution < 1.29 is 14.3 Å². The highest BCUT2D eigenvalue weighted by Crippen LogP contribution is 2.31. The number of hydrogen-bond acceptors (Lipinski definition) is 5. The Morgan fingerprint density at radius 2 is 1.88 bits per heavy atom. The SMILES string of the molecule is CCOc1ccc(N2C(=O)C(NC(=O)Cc3ccccc3)SC2=S)cc1. The monoisotopic (exact) mass is 386 g/mol. The lowest BCUT2D eigenvalue weighted by Gasteiger charge is -2.16. The van der Waals surface area contributed by atoms with E-state index in [1.165, 1.54) is 16.7 Å². The zero-order valence-electron chi connectivity index (χ0n) is 14.2. The fraction of sp³-hybridized carbons (Fsp3) is 0.211. The van der Waals surface area contributed by atoms with E-state index >= 15 is 0 Å². The third kappa shape index (κ3) is 4.23. The molecule has 26 heavy (non-hydrogen) atoms. The molecule has 1 unspecified atom stereocenters. The molecule has 0 aliphatic carbocycles. The van der Waals surface area contributed by atoms with Crippen molar-refractivity contribution in [2.75, 3.05) is 11.5 Å². The quantitative estimate of drug-likeness (QED) is 0.773. The van der Waals surface area contributed by atoms with Gasteiger partial charge in [0.25, 0.3) is 5.91 Å². The molecular formula is C19H18N2O3S2. The zero-order valence-corrected chi connectivity index (χ0v) is 15.8. The first kappa shape index (κ1) is 18.4. The highest BCUT2D eigenvalue weighted by atomic mass is 32.2. The lowest BCUT2D eigenvalue weighted by Crippen LogP contribution is -2.41. The van der Waals surface area contributed by atoms with E-state index in [9.17, 15) is 9.59 Å². The Hall–Kier alpha value is -2.38. The molecule has 7 heteroatoms. The van der Waals surface area contributed by atoms with Crippen LogP contribution in [0.4, 0.5) is 5.69 Å². The third-order valence-corrected chi connectivity index (χ3v) is 5.16. The second-order valence-electron chi connectivity index (χ2n) is 5.59. The van der Waals surface area contributed by atoms with E-state index in [2.05, 4.69) is 5.32 Å². The van der Waals surface area contributed by atoms with Gasteiger partial charge in [-0.3, -0.25) is 14.5 Å². The average Bonchev–Trinajstić information content (AvgIpc) is 2.90. The minimum atomic E-state index is -0.703. The predicted octanol–water partition coefficient (Wildman–Crippen LogP) is 3.14. The molecule has 0 bridgehead atoms. The normalized spacial score (nSPS) is 16.7. The van der Waals surface area contributed by atoms with E-state index in [1.54, 1.807) is 24.3 Å². The lowest BCUT2D eigenvalue weighted by atomic mass is 10.1. The van der Waals surface area contributed by atoms with Crippen LogP contribution in [-0.2, 0) is 16.0 Å². The number of thiocarbonyl (C=S) groups is 1. The van der Waals surface area contributed by atoms with Crippen molar-refractivity contribution in [1.82, 2.24) is 5.32 Å². The van der Waals surface area contributed by atoms with Gasteiger partial charge < -0.3 is 10.1 Å². The van der Waals surface area contributed by atoms with Crippen molar-refractivity contribution in [1.29, 1.82) is 0 Å². The number of carbonyl (C=O) groups is 2. The standard InChI is InChI=1S/C19H18N2O3S2/c1-2-24-15-10-8-14(9-11-15)21-18(23)17(26-19(21)25)20-16(22)12-13-6-4-3-5-7-13/h3-11,17H,2,12H2,1H3,(H,20,22). The molecule has 1 fully saturated rings. The molecular weight excluding hydrogens is 368 g/mol. The van der Waals surface area contributed by atoms with Crippen molar-refractivity contribution in [2.45, 2.75) is 18.7 Å². The number of thioether (sulfide) groups is 1. The van der Waals surface area contributed by atoms with Crippen LogP contribution in [0.25, 0.3) is 0 Å². The smallest absolute Gasteiger partial charge is 0.266 e. The van der Waals surface area contributed by atoms with Gasteiger partial charge in [-0.2, -0.15) is 0 Å². The summed E-state index contributed by atoms with van der Waals surface area (Å²) in [6, 6.07) is 16.5. The molecule has 1 saturated heterocycles. The van der Waals surface area contributed by atoms with Crippen LogP contribution < -0.4 is 15.0 Å². The maximum Gasteiger partial charge on any atom is 0.266 e. The molecule has 0 spiro atoms. The highest BCUT2D eigenvalue weighted by Gasteiger charge is 2.38. The molecule has 1 aliphatic rings. The van der Waals surface area contributed by atoms with E-state index in [4.69, 9.17) is 17.0 Å². The van der Waals surface area contributed by atoms with Gasteiger partial charge in [-0.15, -0.1) is 0 Å². The Bertz CT molecular complexity index is 809. The van der Waals surface area contributed by atoms with E-state index in [-0.39, 0.29) is 18.2 Å². The number of ether oxygens (including phenoxy) is 1. The fourth-order valence-electron chi connectivity index (χ4n) is 2.57. The Morgan fingerprint density at radius 3 is 2.54 bits per heavy atom. The number of benzene rings is 2. The summed E-state index contributed by atoms with van der Waals surface area (Å²) in [4.78, 5) is 26.4. The van der Waals surface area contributed by atoms with E-state index in [1.807, 2.05) is 37.3 Å². The Balaban J connectivity index is 1.65. The first-order valence-electron chi connectivity index (χ1n) is 8.19. The summed E-state index contributed by atoms with van der Waals surface area (Å²) < 4.78 is 5.83. The number of amides is 2. The molecule has 0 aromatic heterocycles. The van der Waals surface area contributed by atoms with Crippen LogP contribution in [0, 0.1) is 0 Å². The van der Waals surface area contributed by atoms with E-state index in [0.717, 1.165) is 11.3 Å². The summed E-state index contributed by atoms with van der Waals surface area (Å²) in [6.45, 7) is 2.48. The molecule has 5 nitrogen and oxygen atoms in total. The summed E-state index contributed by atoms with van der Waals surface area (Å²) in [6.07, 6.45) is 0.223. The Kier molecular flexibility index (Phi) is 5.90. The van der Waals surface area contributed by atoms with Gasteiger partial charge in [0.2, 0.25) is 5.91 Å². The van der Waals surface area contributed by atoms with Crippen LogP contribution in [0.5, 0.6) is 5.75 Å². The second kappa shape index (κ2) is 8.33. The minimum Gasteiger partial charge on any atom is -0.494 e. The fourth-order valence-corrected chi connectivity index (χ4v) is 3.95. The van der Waals surface area contributed by atoms with Crippen LogP contribution >= 0.6 is 24.0 Å². The summed E-state index contributed by atoms with van der Waals surface area (Å²) >= 11 is 6.50. The van der Waals surface area contributed by atoms with Crippen LogP contribution in [0.2, 0.25) is 0 Å². The van der Waals surface area contributed by atoms with Gasteiger partial charge in [-0.05, 0) is 36.8 Å². The number of hydrogen-bond donors (Lipinski definition) is 1. The topological polar surface area (TPSA) is 58.6 Å². The first-order chi connectivity index (χ1) is 12.6. The van der Waals surface area contributed by atoms with Gasteiger partial charge in [-0.25, -0.2) is 0 Å². The Morgan fingerprint density at radius 1 is 1.19 bits per heavy atom. The predicted molar refractivity (Wildman–Crippen MR) is 107 cm³/mol. The average molecular weight is 386 g/mol. The van der Waals surface area contributed by atoms with E-state index < -0.39 is 5.37 Å². The summed E-state index contributed by atoms with van der Waals surface area (Å²) in [5, 5.41) is 2.06. The van der Waals surface area contributed by atoms with Crippen LogP contribution in [0.1, 0.15) is 12.5 Å². The Labute approximate surface area is 161 Å². The van der Waals surface area contributed by atoms with Gasteiger partial charge >= 0.3 is 0 Å². The van der Waals surface area contributed by atoms with Crippen molar-refractivity contribution in [3.8, 4) is 5.75 Å². The summed E-state index contributed by atoms with van der Waals surface area (Å²) in [5.74, 6) is 0.276. The summed E-state index contributed by atoms with van der Waals surface area (Å²) in [7, 11) is 0. The second-order valence-corrected chi connectivity index (χ2v) is 7.33. The molecule has 1 atom stereocenters. The van der Waals surface area contributed by atoms with Crippen LogP contribution in [0.3, 0.4) is 0 Å². The molecule has 1 aliphatic heterocycles. The first-order valence-corrected chi connectivity index (χ1v) is 9.48. The minimum absolute atomic E-state index is 0.210. The largest absolute Gasteiger partial charge is 0.494 e. The van der Waals surface area contributed by atoms with Crippen molar-refractivity contribution in [3.05, 3.63) is 60.2 Å². The number of rotatable bonds is 6. The molecule has 134 valence electrons. The van der Waals surface area contributed by atoms with Crippen molar-refractivity contribution >= 4 is 45.8 Å². The van der Waals surface area contributed by atoms with Crippen molar-refractivity contribution in [3.63, 3.8) is 0 Å². The molecule has 2 aromatic carbocycles. The maximum atomic E-state index is 12.7. The lowest BCUT2D eigenvalue weighted by molar-refractivity contribution is -0.124. The number of nitrogens with one attached hydrogen (secondary N) is 1. The van der Waals surface area contributed by atoms with Gasteiger partial charge in [0, 0.05) is 0 Å². The molecule has 3 rings (SSSR count). The van der Waals surface area contributed by atoms with Gasteiger partial charge in [0.1, 0.15) is 10.1 Å². The van der Waals surface area contributed by atoms with Crippen LogP contribution in [-0.4, -0.2) is 28.1 Å². The molecule has 0 radical (unpaired) electrons. The zero-order chi connectivity index (χ0) is 18.5. The molecule has 2 amide bonds. The van der Waals surface area contributed by atoms with Gasteiger partial charge in [0.15, 0.2) is 5.37 Å². The number of anilines is 1. The third-order valence-electron chi connectivity index (χ3n) is 3.75. The number of carbonyl (C=O) groups excluding carboxylic acids is 2. The summed E-state index contributed by atoms with van der Waals surface area (Å²) in [5.41, 5.74) is 1.56. The molecule has 2 aromatic rings. The van der Waals surface area contributed by atoms with Gasteiger partial charge in [-0.1, -0.05) is 54.3 Å². The van der Waals surface area contributed by atoms with Gasteiger partial charge in [0.05, 0.1) is 18.7 Å². The van der Waals surface area contributed by atoms with E-state index in [0.29, 0.717) is 16.6 Å². The maximum absolute atomic E-state index is 12.7. The molecule has 0 saturated carbocycles. The van der Waals surface area contributed by atoms with Crippen LogP contribution in [0.15, 0.2) is 54.6 Å². The highest BCUT2D eigenvalue weighted by molar-refractivity contribution is 8.25. The van der Waals surface area contributed by atoms with Crippen molar-refractivity contribution in [2.24, 2.45) is 0 Å².